The summed E-state index contributed by atoms with van der Waals surface area (Å²) in [5.41, 5.74) is 3.30. The molecule has 2 aromatic carbocycles. The summed E-state index contributed by atoms with van der Waals surface area (Å²) in [6.07, 6.45) is 0. The number of rotatable bonds is 4. The van der Waals surface area contributed by atoms with E-state index in [2.05, 4.69) is 32.9 Å². The summed E-state index contributed by atoms with van der Waals surface area (Å²) in [6, 6.07) is 15.3. The van der Waals surface area contributed by atoms with Crippen LogP contribution in [0.1, 0.15) is 36.7 Å². The third kappa shape index (κ3) is 4.36. The van der Waals surface area contributed by atoms with E-state index >= 15 is 0 Å². The molecule has 0 saturated heterocycles. The first kappa shape index (κ1) is 15.6. The Kier molecular flexibility index (Phi) is 4.73. The Morgan fingerprint density at radius 3 is 2.24 bits per heavy atom. The molecule has 0 saturated carbocycles. The van der Waals surface area contributed by atoms with Gasteiger partial charge in [-0.1, -0.05) is 63.2 Å². The average Bonchev–Trinajstić information content (AvgIpc) is 2.45. The molecule has 1 N–H and O–H groups in total. The van der Waals surface area contributed by atoms with Gasteiger partial charge in [-0.15, -0.1) is 0 Å². The lowest BCUT2D eigenvalue weighted by Gasteiger charge is -2.17. The summed E-state index contributed by atoms with van der Waals surface area (Å²) in [7, 11) is 0. The van der Waals surface area contributed by atoms with Gasteiger partial charge in [0.25, 0.3) is 0 Å². The Hall–Kier alpha value is -1.74. The van der Waals surface area contributed by atoms with E-state index in [1.165, 1.54) is 5.56 Å². The molecule has 0 aromatic heterocycles. The molecule has 110 valence electrons. The van der Waals surface area contributed by atoms with Crippen molar-refractivity contribution in [3.05, 3.63) is 59.7 Å². The molecule has 3 heteroatoms. The third-order valence-electron chi connectivity index (χ3n) is 3.09. The molecule has 0 atom stereocenters. The highest BCUT2D eigenvalue weighted by Gasteiger charge is 2.12. The quantitative estimate of drug-likeness (QED) is 0.855. The smallest absolute Gasteiger partial charge is 0.336 e. The van der Waals surface area contributed by atoms with Crippen LogP contribution < -0.4 is 0 Å². The van der Waals surface area contributed by atoms with Crippen molar-refractivity contribution in [3.63, 3.8) is 0 Å². The van der Waals surface area contributed by atoms with E-state index < -0.39 is 5.97 Å². The molecule has 21 heavy (non-hydrogen) atoms. The van der Waals surface area contributed by atoms with E-state index in [9.17, 15) is 9.90 Å². The summed E-state index contributed by atoms with van der Waals surface area (Å²) >= 11 is 1.90. The SMILES string of the molecule is CC(C)(C)SCc1ccc(-c2ccccc2C(=O)O)cc1. The highest BCUT2D eigenvalue weighted by molar-refractivity contribution is 7.99. The molecule has 0 radical (unpaired) electrons. The van der Waals surface area contributed by atoms with Crippen molar-refractivity contribution < 1.29 is 9.90 Å². The molecule has 0 spiro atoms. The number of thioether (sulfide) groups is 1. The van der Waals surface area contributed by atoms with E-state index in [-0.39, 0.29) is 4.75 Å². The first-order valence-electron chi connectivity index (χ1n) is 6.92. The van der Waals surface area contributed by atoms with Gasteiger partial charge in [0.1, 0.15) is 0 Å². The molecule has 2 rings (SSSR count). The molecule has 0 amide bonds. The zero-order chi connectivity index (χ0) is 15.5. The fourth-order valence-electron chi connectivity index (χ4n) is 2.00. The number of hydrogen-bond donors (Lipinski definition) is 1. The Balaban J connectivity index is 2.22. The molecule has 0 unspecified atom stereocenters. The summed E-state index contributed by atoms with van der Waals surface area (Å²) in [4.78, 5) is 11.3. The van der Waals surface area contributed by atoms with Gasteiger partial charge in [-0.2, -0.15) is 11.8 Å². The van der Waals surface area contributed by atoms with Gasteiger partial charge in [0.15, 0.2) is 0 Å². The van der Waals surface area contributed by atoms with E-state index in [1.54, 1.807) is 12.1 Å². The second-order valence-corrected chi connectivity index (χ2v) is 7.75. The highest BCUT2D eigenvalue weighted by Crippen LogP contribution is 2.29. The summed E-state index contributed by atoms with van der Waals surface area (Å²) < 4.78 is 0.245. The van der Waals surface area contributed by atoms with E-state index in [0.29, 0.717) is 5.56 Å². The number of benzene rings is 2. The highest BCUT2D eigenvalue weighted by atomic mass is 32.2. The zero-order valence-electron chi connectivity index (χ0n) is 12.6. The Morgan fingerprint density at radius 1 is 1.05 bits per heavy atom. The fourth-order valence-corrected chi connectivity index (χ4v) is 2.79. The molecular weight excluding hydrogens is 280 g/mol. The molecule has 0 aliphatic heterocycles. The molecular formula is C18H20O2S. The van der Waals surface area contributed by atoms with Crippen LogP contribution in [0.3, 0.4) is 0 Å². The van der Waals surface area contributed by atoms with Gasteiger partial charge in [-0.25, -0.2) is 4.79 Å². The fraction of sp³-hybridized carbons (Fsp3) is 0.278. The van der Waals surface area contributed by atoms with Gasteiger partial charge in [-0.3, -0.25) is 0 Å². The van der Waals surface area contributed by atoms with Crippen molar-refractivity contribution in [2.24, 2.45) is 0 Å². The Labute approximate surface area is 130 Å². The topological polar surface area (TPSA) is 37.3 Å². The molecule has 0 fully saturated rings. The van der Waals surface area contributed by atoms with Gasteiger partial charge in [-0.05, 0) is 22.8 Å². The maximum absolute atomic E-state index is 11.3. The van der Waals surface area contributed by atoms with E-state index in [1.807, 2.05) is 36.0 Å². The Morgan fingerprint density at radius 2 is 1.67 bits per heavy atom. The number of aromatic carboxylic acids is 1. The average molecular weight is 300 g/mol. The lowest BCUT2D eigenvalue weighted by Crippen LogP contribution is -2.07. The first-order valence-corrected chi connectivity index (χ1v) is 7.91. The summed E-state index contributed by atoms with van der Waals surface area (Å²) in [5, 5.41) is 9.25. The lowest BCUT2D eigenvalue weighted by atomic mass is 9.99. The molecule has 2 aromatic rings. The Bertz CT molecular complexity index is 624. The molecule has 0 bridgehead atoms. The van der Waals surface area contributed by atoms with Crippen molar-refractivity contribution in [1.29, 1.82) is 0 Å². The maximum Gasteiger partial charge on any atom is 0.336 e. The van der Waals surface area contributed by atoms with Gasteiger partial charge < -0.3 is 5.11 Å². The second kappa shape index (κ2) is 6.35. The predicted octanol–water partition coefficient (Wildman–Crippen LogP) is 5.08. The van der Waals surface area contributed by atoms with Crippen molar-refractivity contribution in [2.45, 2.75) is 31.3 Å². The summed E-state index contributed by atoms with van der Waals surface area (Å²) in [6.45, 7) is 6.61. The molecule has 0 aliphatic carbocycles. The van der Waals surface area contributed by atoms with Gasteiger partial charge in [0.2, 0.25) is 0 Å². The van der Waals surface area contributed by atoms with Crippen molar-refractivity contribution in [2.75, 3.05) is 0 Å². The van der Waals surface area contributed by atoms with E-state index in [4.69, 9.17) is 0 Å². The minimum Gasteiger partial charge on any atom is -0.478 e. The van der Waals surface area contributed by atoms with Gasteiger partial charge in [0.05, 0.1) is 5.56 Å². The third-order valence-corrected chi connectivity index (χ3v) is 4.44. The molecule has 0 heterocycles. The zero-order valence-corrected chi connectivity index (χ0v) is 13.4. The number of carbonyl (C=O) groups is 1. The minimum atomic E-state index is -0.891. The number of carboxylic acid groups (broad SMARTS) is 1. The molecule has 2 nitrogen and oxygen atoms in total. The van der Waals surface area contributed by atoms with Gasteiger partial charge in [0, 0.05) is 10.5 Å². The first-order chi connectivity index (χ1) is 9.87. The standard InChI is InChI=1S/C18H20O2S/c1-18(2,3)21-12-13-8-10-14(11-9-13)15-6-4-5-7-16(15)17(19)20/h4-11H,12H2,1-3H3,(H,19,20). The van der Waals surface area contributed by atoms with Crippen LogP contribution in [-0.4, -0.2) is 15.8 Å². The maximum atomic E-state index is 11.3. The van der Waals surface area contributed by atoms with Crippen molar-refractivity contribution in [3.8, 4) is 11.1 Å². The summed E-state index contributed by atoms with van der Waals surface area (Å²) in [5.74, 6) is 0.0719. The number of hydrogen-bond acceptors (Lipinski definition) is 2. The largest absolute Gasteiger partial charge is 0.478 e. The molecule has 0 aliphatic rings. The van der Waals surface area contributed by atoms with Crippen LogP contribution in [0, 0.1) is 0 Å². The van der Waals surface area contributed by atoms with Crippen LogP contribution >= 0.6 is 11.8 Å². The van der Waals surface area contributed by atoms with Crippen molar-refractivity contribution in [1.82, 2.24) is 0 Å². The lowest BCUT2D eigenvalue weighted by molar-refractivity contribution is 0.0697. The normalized spacial score (nSPS) is 11.4. The second-order valence-electron chi connectivity index (χ2n) is 5.95. The van der Waals surface area contributed by atoms with Crippen LogP contribution in [0.15, 0.2) is 48.5 Å². The van der Waals surface area contributed by atoms with Gasteiger partial charge >= 0.3 is 5.97 Å². The van der Waals surface area contributed by atoms with Crippen LogP contribution in [-0.2, 0) is 5.75 Å². The van der Waals surface area contributed by atoms with Crippen LogP contribution in [0.25, 0.3) is 11.1 Å². The van der Waals surface area contributed by atoms with Crippen LogP contribution in [0.5, 0.6) is 0 Å². The van der Waals surface area contributed by atoms with Crippen LogP contribution in [0.4, 0.5) is 0 Å². The predicted molar refractivity (Wildman–Crippen MR) is 89.9 cm³/mol. The number of carboxylic acids is 1. The minimum absolute atomic E-state index is 0.245. The van der Waals surface area contributed by atoms with Crippen LogP contribution in [0.2, 0.25) is 0 Å². The monoisotopic (exact) mass is 300 g/mol. The van der Waals surface area contributed by atoms with E-state index in [0.717, 1.165) is 16.9 Å². The van der Waals surface area contributed by atoms with Crippen molar-refractivity contribution >= 4 is 17.7 Å².